The highest BCUT2D eigenvalue weighted by Crippen LogP contribution is 2.49. The molecule has 1 unspecified atom stereocenters. The molecule has 0 saturated carbocycles. The zero-order chi connectivity index (χ0) is 7.28. The van der Waals surface area contributed by atoms with E-state index in [0.29, 0.717) is 0 Å². The van der Waals surface area contributed by atoms with Gasteiger partial charge in [0.25, 0.3) is 4.52 Å². The first-order valence-electron chi connectivity index (χ1n) is 2.58. The Morgan fingerprint density at radius 1 is 1.44 bits per heavy atom. The van der Waals surface area contributed by atoms with Gasteiger partial charge >= 0.3 is 0 Å². The summed E-state index contributed by atoms with van der Waals surface area (Å²) in [4.78, 5) is 0. The van der Waals surface area contributed by atoms with Gasteiger partial charge in [0.2, 0.25) is 0 Å². The third kappa shape index (κ3) is 1.04. The number of ether oxygens (including phenoxy) is 1. The van der Waals surface area contributed by atoms with Gasteiger partial charge in [0.05, 0.1) is 0 Å². The van der Waals surface area contributed by atoms with Crippen molar-refractivity contribution in [3.63, 3.8) is 0 Å². The smallest absolute Gasteiger partial charge is 0.252 e. The van der Waals surface area contributed by atoms with Crippen LogP contribution in [0.2, 0.25) is 0 Å². The molecular weight excluding hydrogens is 166 g/mol. The van der Waals surface area contributed by atoms with Crippen LogP contribution in [0.25, 0.3) is 0 Å². The summed E-state index contributed by atoms with van der Waals surface area (Å²) in [5, 5.41) is 0. The second-order valence-corrected chi connectivity index (χ2v) is 3.95. The second kappa shape index (κ2) is 1.74. The van der Waals surface area contributed by atoms with E-state index < -0.39 is 16.3 Å². The summed E-state index contributed by atoms with van der Waals surface area (Å²) < 4.78 is 15.9. The molecular formula is C5H7Cl2FO. The van der Waals surface area contributed by atoms with Gasteiger partial charge in [-0.05, 0) is 13.8 Å². The summed E-state index contributed by atoms with van der Waals surface area (Å²) >= 11 is 10.6. The van der Waals surface area contributed by atoms with E-state index in [4.69, 9.17) is 27.9 Å². The van der Waals surface area contributed by atoms with E-state index >= 15 is 0 Å². The van der Waals surface area contributed by atoms with Crippen molar-refractivity contribution in [1.82, 2.24) is 0 Å². The first-order chi connectivity index (χ1) is 3.86. The first kappa shape index (κ1) is 7.58. The van der Waals surface area contributed by atoms with Gasteiger partial charge in [-0.3, -0.25) is 0 Å². The van der Waals surface area contributed by atoms with Gasteiger partial charge in [0.1, 0.15) is 5.60 Å². The van der Waals surface area contributed by atoms with Gasteiger partial charge in [-0.15, -0.1) is 0 Å². The van der Waals surface area contributed by atoms with Crippen LogP contribution in [-0.2, 0) is 4.74 Å². The Morgan fingerprint density at radius 2 is 1.89 bits per heavy atom. The Labute approximate surface area is 63.1 Å². The monoisotopic (exact) mass is 172 g/mol. The van der Waals surface area contributed by atoms with Crippen molar-refractivity contribution in [2.24, 2.45) is 0 Å². The first-order valence-corrected chi connectivity index (χ1v) is 3.34. The molecule has 1 saturated heterocycles. The van der Waals surface area contributed by atoms with Gasteiger partial charge in [-0.1, -0.05) is 23.2 Å². The van der Waals surface area contributed by atoms with Crippen LogP contribution in [0.5, 0.6) is 0 Å². The van der Waals surface area contributed by atoms with Crippen LogP contribution in [-0.4, -0.2) is 16.3 Å². The lowest BCUT2D eigenvalue weighted by atomic mass is 9.98. The lowest BCUT2D eigenvalue weighted by Crippen LogP contribution is -2.62. The van der Waals surface area contributed by atoms with Crippen LogP contribution < -0.4 is 0 Å². The van der Waals surface area contributed by atoms with Crippen LogP contribution in [0.3, 0.4) is 0 Å². The van der Waals surface area contributed by atoms with Gasteiger partial charge < -0.3 is 4.74 Å². The van der Waals surface area contributed by atoms with Crippen molar-refractivity contribution in [2.75, 3.05) is 0 Å². The van der Waals surface area contributed by atoms with Gasteiger partial charge in [-0.2, -0.15) is 0 Å². The van der Waals surface area contributed by atoms with E-state index in [1.54, 1.807) is 13.8 Å². The molecule has 1 rings (SSSR count). The molecule has 1 aliphatic rings. The normalized spacial score (nSPS) is 37.7. The van der Waals surface area contributed by atoms with Crippen molar-refractivity contribution in [3.8, 4) is 0 Å². The van der Waals surface area contributed by atoms with E-state index in [9.17, 15) is 4.39 Å². The number of alkyl halides is 3. The molecule has 0 spiro atoms. The second-order valence-electron chi connectivity index (χ2n) is 2.63. The molecule has 1 fully saturated rings. The maximum Gasteiger partial charge on any atom is 0.252 e. The van der Waals surface area contributed by atoms with Crippen molar-refractivity contribution in [1.29, 1.82) is 0 Å². The Morgan fingerprint density at radius 3 is 1.89 bits per heavy atom. The maximum absolute atomic E-state index is 12.7. The molecule has 54 valence electrons. The molecule has 0 aromatic heterocycles. The summed E-state index contributed by atoms with van der Waals surface area (Å²) in [6.45, 7) is 3.20. The van der Waals surface area contributed by atoms with Crippen molar-refractivity contribution >= 4 is 23.2 Å². The van der Waals surface area contributed by atoms with Crippen LogP contribution in [0.1, 0.15) is 13.8 Å². The third-order valence-electron chi connectivity index (χ3n) is 1.30. The molecule has 4 heteroatoms. The molecule has 1 aliphatic heterocycles. The quantitative estimate of drug-likeness (QED) is 0.510. The van der Waals surface area contributed by atoms with Crippen LogP contribution in [0, 0.1) is 0 Å². The van der Waals surface area contributed by atoms with Crippen molar-refractivity contribution in [3.05, 3.63) is 0 Å². The number of hydrogen-bond acceptors (Lipinski definition) is 1. The average molecular weight is 173 g/mol. The summed E-state index contributed by atoms with van der Waals surface area (Å²) in [7, 11) is 0. The molecule has 0 bridgehead atoms. The molecule has 0 N–H and O–H groups in total. The Hall–Kier alpha value is 0.470. The highest BCUT2D eigenvalue weighted by atomic mass is 35.5. The van der Waals surface area contributed by atoms with Crippen LogP contribution >= 0.6 is 23.2 Å². The van der Waals surface area contributed by atoms with E-state index in [0.717, 1.165) is 0 Å². The number of hydrogen-bond donors (Lipinski definition) is 0. The predicted octanol–water partition coefficient (Wildman–Crippen LogP) is 2.26. The van der Waals surface area contributed by atoms with E-state index in [2.05, 4.69) is 0 Å². The summed E-state index contributed by atoms with van der Waals surface area (Å²) in [5.74, 6) is 0. The Kier molecular flexibility index (Phi) is 1.47. The molecule has 1 atom stereocenters. The van der Waals surface area contributed by atoms with Crippen molar-refractivity contribution in [2.45, 2.75) is 30.1 Å². The molecule has 0 aromatic rings. The van der Waals surface area contributed by atoms with Gasteiger partial charge in [0, 0.05) is 0 Å². The predicted molar refractivity (Wildman–Crippen MR) is 34.5 cm³/mol. The fourth-order valence-corrected chi connectivity index (χ4v) is 1.72. The molecule has 9 heavy (non-hydrogen) atoms. The molecule has 0 aliphatic carbocycles. The van der Waals surface area contributed by atoms with Crippen LogP contribution in [0.15, 0.2) is 0 Å². The maximum atomic E-state index is 12.7. The standard InChI is InChI=1S/C5H7Cl2FO/c1-4(2)3(8)5(6,7)9-4/h3H,1-2H3. The van der Waals surface area contributed by atoms with E-state index in [1.165, 1.54) is 0 Å². The molecule has 0 radical (unpaired) electrons. The molecule has 1 nitrogen and oxygen atoms in total. The lowest BCUT2D eigenvalue weighted by Gasteiger charge is -2.48. The topological polar surface area (TPSA) is 9.23 Å². The lowest BCUT2D eigenvalue weighted by molar-refractivity contribution is -0.232. The SMILES string of the molecule is CC1(C)OC(Cl)(Cl)C1F. The molecule has 1 heterocycles. The Balaban J connectivity index is 2.62. The van der Waals surface area contributed by atoms with Gasteiger partial charge in [0.15, 0.2) is 6.17 Å². The third-order valence-corrected chi connectivity index (χ3v) is 1.84. The fraction of sp³-hybridized carbons (Fsp3) is 1.00. The minimum Gasteiger partial charge on any atom is -0.335 e. The zero-order valence-electron chi connectivity index (χ0n) is 5.12. The van der Waals surface area contributed by atoms with E-state index in [-0.39, 0.29) is 0 Å². The minimum absolute atomic E-state index is 0.816. The largest absolute Gasteiger partial charge is 0.335 e. The number of rotatable bonds is 0. The van der Waals surface area contributed by atoms with Gasteiger partial charge in [-0.25, -0.2) is 4.39 Å². The van der Waals surface area contributed by atoms with Crippen molar-refractivity contribution < 1.29 is 9.13 Å². The Bertz CT molecular complexity index is 121. The van der Waals surface area contributed by atoms with Crippen LogP contribution in [0.4, 0.5) is 4.39 Å². The van der Waals surface area contributed by atoms with E-state index in [1.807, 2.05) is 0 Å². The summed E-state index contributed by atoms with van der Waals surface area (Å²) in [6.07, 6.45) is -1.30. The molecule has 0 amide bonds. The minimum atomic E-state index is -1.61. The average Bonchev–Trinajstić information content (AvgIpc) is 1.63. The highest BCUT2D eigenvalue weighted by molar-refractivity contribution is 6.48. The summed E-state index contributed by atoms with van der Waals surface area (Å²) in [6, 6.07) is 0. The highest BCUT2D eigenvalue weighted by Gasteiger charge is 2.60. The summed E-state index contributed by atoms with van der Waals surface area (Å²) in [5.41, 5.74) is -0.816. The number of halogens is 3. The molecule has 0 aromatic carbocycles. The zero-order valence-corrected chi connectivity index (χ0v) is 6.63. The fourth-order valence-electron chi connectivity index (χ4n) is 0.801.